The van der Waals surface area contributed by atoms with Crippen molar-refractivity contribution in [2.24, 2.45) is 12.0 Å². The Bertz CT molecular complexity index is 1020. The van der Waals surface area contributed by atoms with E-state index < -0.39 is 0 Å². The molecule has 8 nitrogen and oxygen atoms in total. The van der Waals surface area contributed by atoms with Gasteiger partial charge in [0.2, 0.25) is 5.91 Å². The van der Waals surface area contributed by atoms with Crippen molar-refractivity contribution in [1.29, 1.82) is 0 Å². The second-order valence-electron chi connectivity index (χ2n) is 6.75. The normalized spacial score (nSPS) is 14.6. The Morgan fingerprint density at radius 1 is 1.27 bits per heavy atom. The Hall–Kier alpha value is -2.47. The summed E-state index contributed by atoms with van der Waals surface area (Å²) in [6.45, 7) is 2.14. The van der Waals surface area contributed by atoms with E-state index in [2.05, 4.69) is 27.5 Å². The number of rotatable bonds is 4. The minimum atomic E-state index is 0. The number of nitrogens with one attached hydrogen (secondary N) is 1. The lowest BCUT2D eigenvalue weighted by atomic mass is 10.2. The number of nitrogens with zero attached hydrogens (tertiary/aromatic N) is 6. The quantitative estimate of drug-likeness (QED) is 0.315. The third-order valence-corrected chi connectivity index (χ3v) is 5.68. The van der Waals surface area contributed by atoms with Gasteiger partial charge in [0.25, 0.3) is 0 Å². The first-order chi connectivity index (χ1) is 14.1. The molecule has 0 unspecified atom stereocenters. The zero-order valence-electron chi connectivity index (χ0n) is 16.9. The van der Waals surface area contributed by atoms with Crippen LogP contribution in [0.2, 0.25) is 0 Å². The average Bonchev–Trinajstić information content (AvgIpc) is 3.38. The maximum Gasteiger partial charge on any atom is 0.246 e. The smallest absolute Gasteiger partial charge is 0.246 e. The summed E-state index contributed by atoms with van der Waals surface area (Å²) in [4.78, 5) is 25.4. The molecule has 1 N–H and O–H groups in total. The zero-order valence-corrected chi connectivity index (χ0v) is 20.0. The monoisotopic (exact) mass is 537 g/mol. The first kappa shape index (κ1) is 22.2. The second kappa shape index (κ2) is 10.0. The van der Waals surface area contributed by atoms with E-state index in [1.165, 1.54) is 0 Å². The zero-order chi connectivity index (χ0) is 20.2. The van der Waals surface area contributed by atoms with E-state index in [9.17, 15) is 4.79 Å². The number of hydrogen-bond acceptors (Lipinski definition) is 5. The van der Waals surface area contributed by atoms with Crippen molar-refractivity contribution < 1.29 is 4.79 Å². The Balaban J connectivity index is 0.00000256. The number of amides is 1. The van der Waals surface area contributed by atoms with Gasteiger partial charge < -0.3 is 15.1 Å². The summed E-state index contributed by atoms with van der Waals surface area (Å²) < 4.78 is 1.70. The Kier molecular flexibility index (Phi) is 7.43. The fourth-order valence-electron chi connectivity index (χ4n) is 3.28. The van der Waals surface area contributed by atoms with E-state index in [1.54, 1.807) is 34.2 Å². The number of thiazole rings is 1. The topological polar surface area (TPSA) is 78.7 Å². The molecule has 0 saturated carbocycles. The summed E-state index contributed by atoms with van der Waals surface area (Å²) in [6.07, 6.45) is 3.57. The maximum atomic E-state index is 12.6. The number of hydrogen-bond donors (Lipinski definition) is 1. The first-order valence-corrected chi connectivity index (χ1v) is 10.3. The molecular formula is C20H24IN7OS. The summed E-state index contributed by atoms with van der Waals surface area (Å²) in [5.74, 6) is 0.741. The van der Waals surface area contributed by atoms with Crippen LogP contribution in [0.3, 0.4) is 0 Å². The molecule has 1 aromatic carbocycles. The van der Waals surface area contributed by atoms with Crippen LogP contribution < -0.4 is 10.2 Å². The number of guanidine groups is 1. The molecular weight excluding hydrogens is 513 g/mol. The lowest BCUT2D eigenvalue weighted by Crippen LogP contribution is -2.55. The standard InChI is InChI=1S/C20H23N7OS.HI/c1-21-20(22-10-16-14-29-19(24-16)15-6-4-3-5-7-15)26-8-9-27(18(28)13-26)17-11-23-25(2)12-17;/h3-7,11-12,14H,8-10,13H2,1-2H3,(H,21,22);1H. The predicted octanol–water partition coefficient (Wildman–Crippen LogP) is 2.59. The number of piperazine rings is 1. The van der Waals surface area contributed by atoms with Gasteiger partial charge in [-0.25, -0.2) is 4.98 Å². The highest BCUT2D eigenvalue weighted by Crippen LogP contribution is 2.23. The van der Waals surface area contributed by atoms with Crippen LogP contribution in [0.15, 0.2) is 53.1 Å². The van der Waals surface area contributed by atoms with Crippen molar-refractivity contribution in [3.8, 4) is 10.6 Å². The Labute approximate surface area is 196 Å². The molecule has 0 radical (unpaired) electrons. The van der Waals surface area contributed by atoms with Gasteiger partial charge in [-0.05, 0) is 0 Å². The molecule has 1 saturated heterocycles. The van der Waals surface area contributed by atoms with Crippen molar-refractivity contribution >= 4 is 52.9 Å². The van der Waals surface area contributed by atoms with Gasteiger partial charge >= 0.3 is 0 Å². The molecule has 3 heterocycles. The van der Waals surface area contributed by atoms with Crippen LogP contribution in [-0.4, -0.2) is 58.2 Å². The number of halogens is 1. The third kappa shape index (κ3) is 4.98. The van der Waals surface area contributed by atoms with Crippen molar-refractivity contribution in [2.45, 2.75) is 6.54 Å². The number of carbonyl (C=O) groups excluding carboxylic acids is 1. The molecule has 0 aliphatic carbocycles. The molecule has 158 valence electrons. The van der Waals surface area contributed by atoms with Gasteiger partial charge in [0, 0.05) is 44.3 Å². The molecule has 0 spiro atoms. The molecule has 1 aliphatic heterocycles. The predicted molar refractivity (Wildman–Crippen MR) is 130 cm³/mol. The molecule has 1 amide bonds. The van der Waals surface area contributed by atoms with Crippen molar-refractivity contribution in [1.82, 2.24) is 25.0 Å². The summed E-state index contributed by atoms with van der Waals surface area (Å²) in [6, 6.07) is 10.1. The van der Waals surface area contributed by atoms with Crippen LogP contribution >= 0.6 is 35.3 Å². The van der Waals surface area contributed by atoms with E-state index >= 15 is 0 Å². The van der Waals surface area contributed by atoms with Crippen LogP contribution in [0.5, 0.6) is 0 Å². The van der Waals surface area contributed by atoms with E-state index in [4.69, 9.17) is 4.98 Å². The average molecular weight is 537 g/mol. The van der Waals surface area contributed by atoms with Gasteiger partial charge in [-0.1, -0.05) is 30.3 Å². The van der Waals surface area contributed by atoms with Crippen LogP contribution in [0.4, 0.5) is 5.69 Å². The van der Waals surface area contributed by atoms with E-state index in [0.29, 0.717) is 25.6 Å². The number of carbonyl (C=O) groups is 1. The molecule has 4 rings (SSSR count). The van der Waals surface area contributed by atoms with Crippen molar-refractivity contribution in [3.63, 3.8) is 0 Å². The van der Waals surface area contributed by atoms with Crippen LogP contribution in [0.1, 0.15) is 5.69 Å². The number of benzene rings is 1. The van der Waals surface area contributed by atoms with Gasteiger partial charge in [-0.3, -0.25) is 14.5 Å². The fraction of sp³-hybridized carbons (Fsp3) is 0.300. The van der Waals surface area contributed by atoms with E-state index in [0.717, 1.165) is 22.0 Å². The maximum absolute atomic E-state index is 12.6. The summed E-state index contributed by atoms with van der Waals surface area (Å²) in [5.41, 5.74) is 2.90. The van der Waals surface area contributed by atoms with Gasteiger partial charge in [0.15, 0.2) is 5.96 Å². The van der Waals surface area contributed by atoms with Gasteiger partial charge in [0.05, 0.1) is 24.1 Å². The molecule has 1 fully saturated rings. The summed E-state index contributed by atoms with van der Waals surface area (Å²) in [5, 5.41) is 10.5. The van der Waals surface area contributed by atoms with E-state index in [1.807, 2.05) is 41.7 Å². The Morgan fingerprint density at radius 2 is 2.07 bits per heavy atom. The molecule has 2 aromatic heterocycles. The molecule has 0 atom stereocenters. The molecule has 30 heavy (non-hydrogen) atoms. The Morgan fingerprint density at radius 3 is 2.73 bits per heavy atom. The SMILES string of the molecule is CN=C(NCc1csc(-c2ccccc2)n1)N1CCN(c2cnn(C)c2)C(=O)C1.I. The summed E-state index contributed by atoms with van der Waals surface area (Å²) in [7, 11) is 3.58. The highest BCUT2D eigenvalue weighted by molar-refractivity contribution is 14.0. The van der Waals surface area contributed by atoms with Crippen LogP contribution in [0.25, 0.3) is 10.6 Å². The minimum Gasteiger partial charge on any atom is -0.351 e. The third-order valence-electron chi connectivity index (χ3n) is 4.74. The number of aromatic nitrogens is 3. The second-order valence-corrected chi connectivity index (χ2v) is 7.61. The minimum absolute atomic E-state index is 0. The summed E-state index contributed by atoms with van der Waals surface area (Å²) >= 11 is 1.62. The number of anilines is 1. The first-order valence-electron chi connectivity index (χ1n) is 9.38. The lowest BCUT2D eigenvalue weighted by Gasteiger charge is -2.35. The number of aliphatic imine (C=N–C) groups is 1. The molecule has 3 aromatic rings. The lowest BCUT2D eigenvalue weighted by molar-refractivity contribution is -0.120. The molecule has 1 aliphatic rings. The highest BCUT2D eigenvalue weighted by Gasteiger charge is 2.27. The molecule has 0 bridgehead atoms. The highest BCUT2D eigenvalue weighted by atomic mass is 127. The fourth-order valence-corrected chi connectivity index (χ4v) is 4.10. The van der Waals surface area contributed by atoms with Crippen molar-refractivity contribution in [2.75, 3.05) is 31.6 Å². The van der Waals surface area contributed by atoms with Crippen LogP contribution in [0, 0.1) is 0 Å². The number of aryl methyl sites for hydroxylation is 1. The van der Waals surface area contributed by atoms with Gasteiger partial charge in [-0.15, -0.1) is 35.3 Å². The largest absolute Gasteiger partial charge is 0.351 e. The van der Waals surface area contributed by atoms with Crippen molar-refractivity contribution in [3.05, 3.63) is 53.8 Å². The van der Waals surface area contributed by atoms with E-state index in [-0.39, 0.29) is 36.4 Å². The molecule has 10 heteroatoms. The van der Waals surface area contributed by atoms with Crippen LogP contribution in [-0.2, 0) is 18.4 Å². The van der Waals surface area contributed by atoms with Gasteiger partial charge in [0.1, 0.15) is 11.6 Å². The van der Waals surface area contributed by atoms with Gasteiger partial charge in [-0.2, -0.15) is 5.10 Å².